The van der Waals surface area contributed by atoms with Crippen LogP contribution in [0, 0.1) is 0 Å². The van der Waals surface area contributed by atoms with Crippen LogP contribution in [0.1, 0.15) is 23.2 Å². The minimum atomic E-state index is -0.579. The summed E-state index contributed by atoms with van der Waals surface area (Å²) in [6.45, 7) is 3.16. The number of amides is 2. The van der Waals surface area contributed by atoms with Gasteiger partial charge in [-0.3, -0.25) is 14.5 Å². The highest BCUT2D eigenvalue weighted by Crippen LogP contribution is 2.37. The number of esters is 1. The summed E-state index contributed by atoms with van der Waals surface area (Å²) in [5.74, 6) is 0.0853. The zero-order chi connectivity index (χ0) is 21.1. The molecule has 3 aliphatic rings. The van der Waals surface area contributed by atoms with Gasteiger partial charge in [-0.2, -0.15) is 0 Å². The fourth-order valence-corrected chi connectivity index (χ4v) is 3.82. The summed E-state index contributed by atoms with van der Waals surface area (Å²) in [4.78, 5) is 40.9. The van der Waals surface area contributed by atoms with Crippen molar-refractivity contribution in [3.05, 3.63) is 17.7 Å². The molecule has 0 bridgehead atoms. The monoisotopic (exact) mass is 419 g/mol. The second-order valence-electron chi connectivity index (χ2n) is 7.39. The van der Waals surface area contributed by atoms with Gasteiger partial charge < -0.3 is 29.2 Å². The van der Waals surface area contributed by atoms with E-state index in [1.807, 2.05) is 4.90 Å². The Labute approximate surface area is 174 Å². The first-order valence-corrected chi connectivity index (χ1v) is 9.99. The largest absolute Gasteiger partial charge is 0.465 e. The van der Waals surface area contributed by atoms with Crippen LogP contribution in [0.2, 0.25) is 0 Å². The molecule has 1 unspecified atom stereocenters. The van der Waals surface area contributed by atoms with Gasteiger partial charge in [-0.1, -0.05) is 0 Å². The van der Waals surface area contributed by atoms with Crippen molar-refractivity contribution >= 4 is 23.5 Å². The van der Waals surface area contributed by atoms with Gasteiger partial charge in [-0.05, 0) is 12.8 Å². The molecule has 3 heterocycles. The van der Waals surface area contributed by atoms with Crippen LogP contribution >= 0.6 is 0 Å². The van der Waals surface area contributed by atoms with E-state index in [1.54, 1.807) is 11.0 Å². The van der Waals surface area contributed by atoms with Crippen molar-refractivity contribution < 1.29 is 33.3 Å². The minimum Gasteiger partial charge on any atom is -0.465 e. The van der Waals surface area contributed by atoms with E-state index in [4.69, 9.17) is 18.9 Å². The van der Waals surface area contributed by atoms with Gasteiger partial charge in [0.1, 0.15) is 6.10 Å². The van der Waals surface area contributed by atoms with E-state index in [0.29, 0.717) is 50.0 Å². The minimum absolute atomic E-state index is 0.0414. The van der Waals surface area contributed by atoms with Gasteiger partial charge in [0, 0.05) is 44.9 Å². The van der Waals surface area contributed by atoms with Gasteiger partial charge in [0.05, 0.1) is 24.9 Å². The average Bonchev–Trinajstić information content (AvgIpc) is 3.44. The predicted octanol–water partition coefficient (Wildman–Crippen LogP) is 0.464. The van der Waals surface area contributed by atoms with Gasteiger partial charge in [0.25, 0.3) is 5.91 Å². The lowest BCUT2D eigenvalue weighted by Crippen LogP contribution is -2.52. The van der Waals surface area contributed by atoms with Crippen molar-refractivity contribution in [3.63, 3.8) is 0 Å². The highest BCUT2D eigenvalue weighted by molar-refractivity contribution is 6.02. The second-order valence-corrected chi connectivity index (χ2v) is 7.39. The van der Waals surface area contributed by atoms with E-state index in [0.717, 1.165) is 12.8 Å². The Morgan fingerprint density at radius 2 is 1.87 bits per heavy atom. The van der Waals surface area contributed by atoms with Crippen LogP contribution < -0.4 is 14.8 Å². The lowest BCUT2D eigenvalue weighted by Gasteiger charge is -2.35. The number of benzene rings is 1. The standard InChI is InChI=1S/C20H25N3O7/c1-27-20(26)13-9-16-17(30-12-29-16)10-14(13)21-18(24)11-22-4-6-23(7-5-22)19(25)15-3-2-8-28-15/h9-10,15H,2-8,11-12H2,1H3,(H,21,24). The molecular weight excluding hydrogens is 394 g/mol. The Morgan fingerprint density at radius 1 is 1.13 bits per heavy atom. The third-order valence-electron chi connectivity index (χ3n) is 5.45. The molecule has 1 N–H and O–H groups in total. The first kappa shape index (κ1) is 20.4. The molecule has 0 saturated carbocycles. The topological polar surface area (TPSA) is 107 Å². The molecule has 2 saturated heterocycles. The first-order valence-electron chi connectivity index (χ1n) is 9.99. The molecule has 0 aliphatic carbocycles. The predicted molar refractivity (Wildman–Crippen MR) is 105 cm³/mol. The Morgan fingerprint density at radius 3 is 2.53 bits per heavy atom. The maximum Gasteiger partial charge on any atom is 0.340 e. The summed E-state index contributed by atoms with van der Waals surface area (Å²) in [5.41, 5.74) is 0.505. The molecule has 30 heavy (non-hydrogen) atoms. The van der Waals surface area contributed by atoms with Gasteiger partial charge in [-0.15, -0.1) is 0 Å². The molecule has 162 valence electrons. The number of carbonyl (C=O) groups is 3. The number of rotatable bonds is 5. The van der Waals surface area contributed by atoms with Crippen LogP contribution in [0.4, 0.5) is 5.69 Å². The Kier molecular flexibility index (Phi) is 6.05. The highest BCUT2D eigenvalue weighted by atomic mass is 16.7. The number of nitrogens with one attached hydrogen (secondary N) is 1. The third-order valence-corrected chi connectivity index (χ3v) is 5.45. The second kappa shape index (κ2) is 8.88. The van der Waals surface area contributed by atoms with E-state index in [-0.39, 0.29) is 36.8 Å². The summed E-state index contributed by atoms with van der Waals surface area (Å²) in [6.07, 6.45) is 1.38. The SMILES string of the molecule is COC(=O)c1cc2c(cc1NC(=O)CN1CCN(C(=O)C3CCCO3)CC1)OCO2. The van der Waals surface area contributed by atoms with Gasteiger partial charge in [0.2, 0.25) is 12.7 Å². The molecule has 0 radical (unpaired) electrons. The molecular formula is C20H25N3O7. The summed E-state index contributed by atoms with van der Waals surface area (Å²) in [6, 6.07) is 3.06. The molecule has 4 rings (SSSR count). The normalized spacial score (nSPS) is 20.8. The Balaban J connectivity index is 1.33. The lowest BCUT2D eigenvalue weighted by molar-refractivity contribution is -0.142. The van der Waals surface area contributed by atoms with E-state index in [2.05, 4.69) is 5.32 Å². The Hall–Kier alpha value is -2.85. The summed E-state index contributed by atoms with van der Waals surface area (Å²) in [7, 11) is 1.27. The maximum atomic E-state index is 12.6. The van der Waals surface area contributed by atoms with Gasteiger partial charge in [0.15, 0.2) is 11.5 Å². The molecule has 1 atom stereocenters. The quantitative estimate of drug-likeness (QED) is 0.687. The molecule has 2 fully saturated rings. The molecule has 2 amide bonds. The number of hydrogen-bond donors (Lipinski definition) is 1. The number of piperazine rings is 1. The van der Waals surface area contributed by atoms with Crippen molar-refractivity contribution in [2.45, 2.75) is 18.9 Å². The molecule has 10 nitrogen and oxygen atoms in total. The van der Waals surface area contributed by atoms with Crippen LogP contribution in [0.3, 0.4) is 0 Å². The summed E-state index contributed by atoms with van der Waals surface area (Å²) in [5, 5.41) is 2.76. The van der Waals surface area contributed by atoms with Crippen molar-refractivity contribution in [1.29, 1.82) is 0 Å². The van der Waals surface area contributed by atoms with Crippen molar-refractivity contribution in [1.82, 2.24) is 9.80 Å². The van der Waals surface area contributed by atoms with Crippen LogP contribution in [0.15, 0.2) is 12.1 Å². The van der Waals surface area contributed by atoms with Crippen molar-refractivity contribution in [2.75, 3.05) is 58.6 Å². The fourth-order valence-electron chi connectivity index (χ4n) is 3.82. The Bertz CT molecular complexity index is 830. The number of anilines is 1. The van der Waals surface area contributed by atoms with E-state index >= 15 is 0 Å². The summed E-state index contributed by atoms with van der Waals surface area (Å²) >= 11 is 0. The average molecular weight is 419 g/mol. The molecule has 3 aliphatic heterocycles. The number of ether oxygens (including phenoxy) is 4. The van der Waals surface area contributed by atoms with Gasteiger partial charge >= 0.3 is 5.97 Å². The lowest BCUT2D eigenvalue weighted by atomic mass is 10.1. The van der Waals surface area contributed by atoms with Crippen molar-refractivity contribution in [2.24, 2.45) is 0 Å². The smallest absolute Gasteiger partial charge is 0.340 e. The zero-order valence-corrected chi connectivity index (χ0v) is 16.8. The van der Waals surface area contributed by atoms with Crippen LogP contribution in [-0.4, -0.2) is 86.9 Å². The van der Waals surface area contributed by atoms with E-state index < -0.39 is 5.97 Å². The summed E-state index contributed by atoms with van der Waals surface area (Å²) < 4.78 is 20.9. The molecule has 0 spiro atoms. The van der Waals surface area contributed by atoms with E-state index in [9.17, 15) is 14.4 Å². The maximum absolute atomic E-state index is 12.6. The van der Waals surface area contributed by atoms with Gasteiger partial charge in [-0.25, -0.2) is 4.79 Å². The highest BCUT2D eigenvalue weighted by Gasteiger charge is 2.31. The van der Waals surface area contributed by atoms with E-state index in [1.165, 1.54) is 13.2 Å². The van der Waals surface area contributed by atoms with Crippen LogP contribution in [-0.2, 0) is 19.1 Å². The number of carbonyl (C=O) groups excluding carboxylic acids is 3. The number of methoxy groups -OCH3 is 1. The van der Waals surface area contributed by atoms with Crippen LogP contribution in [0.5, 0.6) is 11.5 Å². The molecule has 1 aromatic carbocycles. The first-order chi connectivity index (χ1) is 14.5. The molecule has 10 heteroatoms. The van der Waals surface area contributed by atoms with Crippen LogP contribution in [0.25, 0.3) is 0 Å². The zero-order valence-electron chi connectivity index (χ0n) is 16.8. The fraction of sp³-hybridized carbons (Fsp3) is 0.550. The number of hydrogen-bond acceptors (Lipinski definition) is 8. The number of fused-ring (bicyclic) bond motifs is 1. The third kappa shape index (κ3) is 4.34. The number of nitrogens with zero attached hydrogens (tertiary/aromatic N) is 2. The molecule has 0 aromatic heterocycles. The van der Waals surface area contributed by atoms with Crippen molar-refractivity contribution in [3.8, 4) is 11.5 Å². The molecule has 1 aromatic rings.